The van der Waals surface area contributed by atoms with Gasteiger partial charge in [-0.3, -0.25) is 4.79 Å². The van der Waals surface area contributed by atoms with Gasteiger partial charge in [0.25, 0.3) is 0 Å². The first kappa shape index (κ1) is 9.39. The van der Waals surface area contributed by atoms with Gasteiger partial charge in [-0.2, -0.15) is 0 Å². The Morgan fingerprint density at radius 1 is 1.50 bits per heavy atom. The maximum absolute atomic E-state index is 10.1. The van der Waals surface area contributed by atoms with E-state index in [0.717, 1.165) is 12.8 Å². The summed E-state index contributed by atoms with van der Waals surface area (Å²) >= 11 is 0. The van der Waals surface area contributed by atoms with Crippen LogP contribution in [-0.4, -0.2) is 23.7 Å². The van der Waals surface area contributed by atoms with E-state index in [1.165, 1.54) is 0 Å². The highest BCUT2D eigenvalue weighted by Crippen LogP contribution is 1.96. The molecule has 10 heavy (non-hydrogen) atoms. The van der Waals surface area contributed by atoms with Gasteiger partial charge >= 0.3 is 5.97 Å². The lowest BCUT2D eigenvalue weighted by molar-refractivity contribution is -0.138. The van der Waals surface area contributed by atoms with Crippen LogP contribution in [0, 0.1) is 0 Å². The van der Waals surface area contributed by atoms with Crippen molar-refractivity contribution < 1.29 is 9.90 Å². The maximum atomic E-state index is 10.1. The van der Waals surface area contributed by atoms with E-state index < -0.39 is 12.0 Å². The van der Waals surface area contributed by atoms with Crippen LogP contribution in [0.1, 0.15) is 19.3 Å². The molecule has 0 fully saturated rings. The topological polar surface area (TPSA) is 89.3 Å². The molecule has 4 nitrogen and oxygen atoms in total. The summed E-state index contributed by atoms with van der Waals surface area (Å²) in [6.45, 7) is 0.604. The van der Waals surface area contributed by atoms with Crippen LogP contribution in [-0.2, 0) is 4.79 Å². The molecule has 0 aromatic carbocycles. The summed E-state index contributed by atoms with van der Waals surface area (Å²) in [4.78, 5) is 10.1. The predicted molar refractivity (Wildman–Crippen MR) is 38.5 cm³/mol. The third kappa shape index (κ3) is 4.29. The Balaban J connectivity index is 3.21. The summed E-state index contributed by atoms with van der Waals surface area (Å²) in [6, 6.07) is -0.716. The third-order valence-corrected chi connectivity index (χ3v) is 1.29. The monoisotopic (exact) mass is 158 g/mol. The van der Waals surface area contributed by atoms with Crippen LogP contribution < -0.4 is 11.5 Å². The van der Waals surface area contributed by atoms with Crippen LogP contribution in [0.5, 0.6) is 0 Å². The van der Waals surface area contributed by atoms with E-state index in [1.807, 2.05) is 0 Å². The molecule has 0 amide bonds. The van der Waals surface area contributed by atoms with Gasteiger partial charge < -0.3 is 16.6 Å². The SMILES string of the molecule is N[14CH2][14CH2][14CH2][14CH2][14C@H](N)[14C](=O)O. The van der Waals surface area contributed by atoms with E-state index in [-0.39, 0.29) is 0 Å². The molecule has 0 aromatic heterocycles. The molecule has 4 heteroatoms. The Morgan fingerprint density at radius 2 is 2.10 bits per heavy atom. The highest BCUT2D eigenvalue weighted by atomic mass is 16.7. The molecule has 0 bridgehead atoms. The lowest BCUT2D eigenvalue weighted by Crippen LogP contribution is -2.29. The molecule has 60 valence electrons. The summed E-state index contributed by atoms with van der Waals surface area (Å²) in [7, 11) is 0. The zero-order valence-corrected chi connectivity index (χ0v) is 5.92. The number of hydrogen-bond donors (Lipinski definition) is 3. The molecule has 0 radical (unpaired) electrons. The second kappa shape index (κ2) is 5.20. The fraction of sp³-hybridized carbons (Fsp3) is 0.833. The first-order chi connectivity index (χ1) is 4.68. The lowest BCUT2D eigenvalue weighted by atomic mass is 12.0. The van der Waals surface area contributed by atoms with Crippen LogP contribution >= 0.6 is 0 Å². The average molecular weight is 158 g/mol. The van der Waals surface area contributed by atoms with Crippen molar-refractivity contribution in [2.24, 2.45) is 11.5 Å². The third-order valence-electron chi connectivity index (χ3n) is 1.29. The number of aliphatic carboxylic acids is 1. The van der Waals surface area contributed by atoms with Gasteiger partial charge in [-0.25, -0.2) is 0 Å². The Morgan fingerprint density at radius 3 is 2.50 bits per heavy atom. The van der Waals surface area contributed by atoms with Crippen LogP contribution in [0.15, 0.2) is 0 Å². The maximum Gasteiger partial charge on any atom is 0.320 e. The minimum Gasteiger partial charge on any atom is -0.480 e. The molecular weight excluding hydrogens is 144 g/mol. The van der Waals surface area contributed by atoms with Gasteiger partial charge in [0.2, 0.25) is 0 Å². The number of carbonyl (C=O) groups is 1. The fourth-order valence-electron chi connectivity index (χ4n) is 0.632. The van der Waals surface area contributed by atoms with Crippen molar-refractivity contribution in [2.75, 3.05) is 6.54 Å². The molecule has 0 rings (SSSR count). The van der Waals surface area contributed by atoms with E-state index in [9.17, 15) is 4.79 Å². The zero-order valence-electron chi connectivity index (χ0n) is 5.92. The number of carboxylic acids is 1. The summed E-state index contributed by atoms with van der Waals surface area (Å²) in [5, 5.41) is 8.33. The van der Waals surface area contributed by atoms with Crippen LogP contribution in [0.25, 0.3) is 0 Å². The molecule has 0 saturated heterocycles. The fourth-order valence-corrected chi connectivity index (χ4v) is 0.632. The van der Waals surface area contributed by atoms with Gasteiger partial charge in [-0.1, -0.05) is 6.42 Å². The second-order valence-corrected chi connectivity index (χ2v) is 2.23. The van der Waals surface area contributed by atoms with E-state index in [1.54, 1.807) is 0 Å². The second-order valence-electron chi connectivity index (χ2n) is 2.23. The number of hydrogen-bond acceptors (Lipinski definition) is 3. The van der Waals surface area contributed by atoms with Crippen molar-refractivity contribution in [1.29, 1.82) is 0 Å². The first-order valence-corrected chi connectivity index (χ1v) is 3.37. The van der Waals surface area contributed by atoms with Gasteiger partial charge in [0.15, 0.2) is 0 Å². The van der Waals surface area contributed by atoms with Crippen molar-refractivity contribution in [1.82, 2.24) is 0 Å². The van der Waals surface area contributed by atoms with E-state index >= 15 is 0 Å². The largest absolute Gasteiger partial charge is 0.480 e. The van der Waals surface area contributed by atoms with E-state index in [2.05, 4.69) is 0 Å². The molecule has 0 saturated carbocycles. The molecule has 1 atom stereocenters. The molecule has 0 spiro atoms. The highest BCUT2D eigenvalue weighted by Gasteiger charge is 2.09. The molecular formula is C6H14N2O2. The standard InChI is InChI=1S/C6H14N2O2/c7-4-2-1-3-5(8)6(9)10/h5H,1-4,7-8H2,(H,9,10)/t5-/m0/s1/i1+2,2+2,3+2,4+2,5+2,6+2. The summed E-state index contributed by atoms with van der Waals surface area (Å²) in [5.41, 5.74) is 10.4. The Hall–Kier alpha value is -0.610. The molecule has 0 heterocycles. The molecule has 0 aliphatic rings. The molecule has 0 aromatic rings. The number of nitrogens with two attached hydrogens (primary N) is 2. The highest BCUT2D eigenvalue weighted by molar-refractivity contribution is 5.72. The van der Waals surface area contributed by atoms with Crippen molar-refractivity contribution in [2.45, 2.75) is 25.3 Å². The minimum atomic E-state index is -0.933. The van der Waals surface area contributed by atoms with Gasteiger partial charge in [0.1, 0.15) is 6.04 Å². The predicted octanol–water partition coefficient (Wildman–Crippen LogP) is -0.473. The van der Waals surface area contributed by atoms with Crippen molar-refractivity contribution >= 4 is 5.97 Å². The summed E-state index contributed by atoms with van der Waals surface area (Å²) in [6.07, 6.45) is 2.16. The molecule has 5 N–H and O–H groups in total. The van der Waals surface area contributed by atoms with E-state index in [0.29, 0.717) is 13.0 Å². The lowest BCUT2D eigenvalue weighted by Gasteiger charge is -2.03. The normalized spacial score (nSPS) is 13.0. The van der Waals surface area contributed by atoms with Crippen molar-refractivity contribution in [3.63, 3.8) is 0 Å². The van der Waals surface area contributed by atoms with Crippen LogP contribution in [0.4, 0.5) is 0 Å². The van der Waals surface area contributed by atoms with Crippen LogP contribution in [0.2, 0.25) is 0 Å². The van der Waals surface area contributed by atoms with Crippen molar-refractivity contribution in [3.05, 3.63) is 0 Å². The minimum absolute atomic E-state index is 0.520. The number of rotatable bonds is 5. The number of unbranched alkanes of at least 4 members (excludes halogenated alkanes) is 1. The summed E-state index contributed by atoms with van der Waals surface area (Å²) < 4.78 is 0. The molecule has 0 aliphatic heterocycles. The van der Waals surface area contributed by atoms with Gasteiger partial charge in [-0.05, 0) is 19.4 Å². The smallest absolute Gasteiger partial charge is 0.320 e. The summed E-state index contributed by atoms with van der Waals surface area (Å²) in [5.74, 6) is -0.933. The number of carboxylic acid groups (broad SMARTS) is 1. The van der Waals surface area contributed by atoms with E-state index in [4.69, 9.17) is 16.6 Å². The quantitative estimate of drug-likeness (QED) is 0.472. The molecule has 0 aliphatic carbocycles. The van der Waals surface area contributed by atoms with Crippen molar-refractivity contribution in [3.8, 4) is 0 Å². The Bertz CT molecular complexity index is 106. The molecule has 0 unspecified atom stereocenters. The Kier molecular flexibility index (Phi) is 4.88. The first-order valence-electron chi connectivity index (χ1n) is 3.37. The van der Waals surface area contributed by atoms with Crippen LogP contribution in [0.3, 0.4) is 0 Å². The van der Waals surface area contributed by atoms with Gasteiger partial charge in [-0.15, -0.1) is 0 Å². The average Bonchev–Trinajstić information content (AvgIpc) is 1.88. The Labute approximate surface area is 60.2 Å². The van der Waals surface area contributed by atoms with Gasteiger partial charge in [0.05, 0.1) is 0 Å². The van der Waals surface area contributed by atoms with Gasteiger partial charge in [0, 0.05) is 0 Å². The zero-order chi connectivity index (χ0) is 7.98.